The fourth-order valence-corrected chi connectivity index (χ4v) is 4.35. The summed E-state index contributed by atoms with van der Waals surface area (Å²) in [6.45, 7) is 4.99. The van der Waals surface area contributed by atoms with Crippen LogP contribution in [0.15, 0.2) is 0 Å². The van der Waals surface area contributed by atoms with Crippen molar-refractivity contribution in [1.29, 1.82) is 0 Å². The van der Waals surface area contributed by atoms with E-state index in [2.05, 4.69) is 25.6 Å². The Morgan fingerprint density at radius 2 is 1.22 bits per heavy atom. The minimum Gasteiger partial charge on any atom is -0.396 e. The van der Waals surface area contributed by atoms with Crippen molar-refractivity contribution in [2.75, 3.05) is 18.1 Å². The van der Waals surface area contributed by atoms with E-state index in [1.54, 1.807) is 0 Å². The van der Waals surface area contributed by atoms with Gasteiger partial charge >= 0.3 is 0 Å². The third-order valence-corrected chi connectivity index (χ3v) is 6.02. The highest BCUT2D eigenvalue weighted by atomic mass is 32.2. The maximum Gasteiger partial charge on any atom is 0.0431 e. The molecule has 0 aromatic carbocycles. The van der Waals surface area contributed by atoms with E-state index in [4.69, 9.17) is 5.11 Å². The molecule has 0 fully saturated rings. The molecular weight excluding hydrogens is 300 g/mol. The average molecular weight is 345 g/mol. The minimum absolute atomic E-state index is 0.369. The quantitative estimate of drug-likeness (QED) is 0.250. The van der Waals surface area contributed by atoms with E-state index < -0.39 is 0 Å². The van der Waals surface area contributed by atoms with Crippen molar-refractivity contribution in [2.45, 2.75) is 110 Å². The predicted octanol–water partition coefficient (Wildman–Crippen LogP) is 7.22. The maximum absolute atomic E-state index is 8.74. The van der Waals surface area contributed by atoms with Crippen LogP contribution in [0.5, 0.6) is 0 Å². The molecule has 1 nitrogen and oxygen atoms in total. The molecule has 0 aliphatic heterocycles. The number of hydrogen-bond donors (Lipinski definition) is 1. The maximum atomic E-state index is 8.74. The lowest BCUT2D eigenvalue weighted by atomic mass is 9.97. The van der Waals surface area contributed by atoms with Crippen molar-refractivity contribution >= 4 is 11.8 Å². The van der Waals surface area contributed by atoms with E-state index in [1.165, 1.54) is 101 Å². The van der Waals surface area contributed by atoms with Crippen molar-refractivity contribution < 1.29 is 5.11 Å². The van der Waals surface area contributed by atoms with E-state index in [9.17, 15) is 0 Å². The van der Waals surface area contributed by atoms with Crippen LogP contribution in [0, 0.1) is 5.92 Å². The summed E-state index contributed by atoms with van der Waals surface area (Å²) < 4.78 is 0. The topological polar surface area (TPSA) is 20.2 Å². The number of hydrogen-bond acceptors (Lipinski definition) is 2. The summed E-state index contributed by atoms with van der Waals surface area (Å²) in [5, 5.41) is 8.74. The summed E-state index contributed by atoms with van der Waals surface area (Å²) in [6, 6.07) is 0. The van der Waals surface area contributed by atoms with E-state index in [0.29, 0.717) is 6.61 Å². The van der Waals surface area contributed by atoms with Crippen LogP contribution in [0.1, 0.15) is 110 Å². The highest BCUT2D eigenvalue weighted by Crippen LogP contribution is 2.22. The molecule has 23 heavy (non-hydrogen) atoms. The second-order valence-electron chi connectivity index (χ2n) is 7.13. The first-order valence-corrected chi connectivity index (χ1v) is 11.7. The van der Waals surface area contributed by atoms with Crippen molar-refractivity contribution in [2.24, 2.45) is 5.92 Å². The van der Waals surface area contributed by atoms with E-state index in [1.807, 2.05) is 0 Å². The Labute approximate surface area is 151 Å². The molecule has 0 radical (unpaired) electrons. The van der Waals surface area contributed by atoms with E-state index in [-0.39, 0.29) is 0 Å². The third kappa shape index (κ3) is 18.5. The number of rotatable bonds is 19. The zero-order valence-electron chi connectivity index (χ0n) is 16.2. The van der Waals surface area contributed by atoms with Gasteiger partial charge in [-0.15, -0.1) is 0 Å². The lowest BCUT2D eigenvalue weighted by Crippen LogP contribution is -2.05. The normalized spacial score (nSPS) is 12.7. The van der Waals surface area contributed by atoms with Crippen molar-refractivity contribution in [3.05, 3.63) is 0 Å². The molecule has 0 amide bonds. The molecule has 0 aliphatic rings. The first kappa shape index (κ1) is 23.3. The fraction of sp³-hybridized carbons (Fsp3) is 1.00. The minimum atomic E-state index is 0.369. The Balaban J connectivity index is 3.46. The number of aliphatic hydroxyl groups is 1. The van der Waals surface area contributed by atoms with Gasteiger partial charge in [0.2, 0.25) is 0 Å². The van der Waals surface area contributed by atoms with Crippen molar-refractivity contribution in [3.63, 3.8) is 0 Å². The first-order valence-electron chi connectivity index (χ1n) is 10.5. The van der Waals surface area contributed by atoms with Crippen LogP contribution >= 0.6 is 11.8 Å². The largest absolute Gasteiger partial charge is 0.396 e. The Bertz CT molecular complexity index is 208. The molecule has 0 rings (SSSR count). The monoisotopic (exact) mass is 344 g/mol. The molecule has 0 saturated heterocycles. The second-order valence-corrected chi connectivity index (χ2v) is 8.28. The second kappa shape index (κ2) is 20.4. The van der Waals surface area contributed by atoms with Gasteiger partial charge in [-0.3, -0.25) is 0 Å². The number of aliphatic hydroxyl groups excluding tert-OH is 1. The van der Waals surface area contributed by atoms with Crippen LogP contribution in [0.4, 0.5) is 0 Å². The van der Waals surface area contributed by atoms with Crippen LogP contribution in [0.2, 0.25) is 0 Å². The van der Waals surface area contributed by atoms with Crippen molar-refractivity contribution in [3.8, 4) is 0 Å². The highest BCUT2D eigenvalue weighted by molar-refractivity contribution is 7.99. The van der Waals surface area contributed by atoms with Crippen LogP contribution < -0.4 is 0 Å². The molecule has 1 unspecified atom stereocenters. The summed E-state index contributed by atoms with van der Waals surface area (Å²) in [5.41, 5.74) is 0. The Hall–Kier alpha value is 0.310. The number of unbranched alkanes of at least 4 members (excludes halogenated alkanes) is 10. The van der Waals surface area contributed by atoms with E-state index in [0.717, 1.165) is 12.3 Å². The Kier molecular flexibility index (Phi) is 20.6. The third-order valence-electron chi connectivity index (χ3n) is 4.73. The SMILES string of the molecule is CCCCCCC(CCCC)CSCCCCCCCCCO. The van der Waals surface area contributed by atoms with Crippen LogP contribution in [-0.4, -0.2) is 23.2 Å². The van der Waals surface area contributed by atoms with Gasteiger partial charge in [-0.1, -0.05) is 84.5 Å². The number of thioether (sulfide) groups is 1. The molecule has 0 aliphatic carbocycles. The Morgan fingerprint density at radius 3 is 1.87 bits per heavy atom. The first-order chi connectivity index (χ1) is 11.3. The van der Waals surface area contributed by atoms with Crippen LogP contribution in [0.3, 0.4) is 0 Å². The molecule has 1 N–H and O–H groups in total. The molecule has 0 aromatic heterocycles. The lowest BCUT2D eigenvalue weighted by molar-refractivity contribution is 0.282. The van der Waals surface area contributed by atoms with Gasteiger partial charge in [0.05, 0.1) is 0 Å². The molecule has 0 heterocycles. The molecule has 0 aromatic rings. The van der Waals surface area contributed by atoms with Crippen LogP contribution in [-0.2, 0) is 0 Å². The molecule has 2 heteroatoms. The van der Waals surface area contributed by atoms with Gasteiger partial charge in [-0.05, 0) is 43.1 Å². The van der Waals surface area contributed by atoms with Gasteiger partial charge in [0.15, 0.2) is 0 Å². The average Bonchev–Trinajstić information content (AvgIpc) is 2.57. The zero-order valence-corrected chi connectivity index (χ0v) is 17.0. The van der Waals surface area contributed by atoms with Gasteiger partial charge in [0.25, 0.3) is 0 Å². The summed E-state index contributed by atoms with van der Waals surface area (Å²) in [7, 11) is 0. The Morgan fingerprint density at radius 1 is 0.652 bits per heavy atom. The summed E-state index contributed by atoms with van der Waals surface area (Å²) in [5.74, 6) is 3.76. The lowest BCUT2D eigenvalue weighted by Gasteiger charge is -2.16. The van der Waals surface area contributed by atoms with Crippen molar-refractivity contribution in [1.82, 2.24) is 0 Å². The zero-order chi connectivity index (χ0) is 17.0. The molecule has 140 valence electrons. The smallest absolute Gasteiger partial charge is 0.0431 e. The molecule has 0 saturated carbocycles. The van der Waals surface area contributed by atoms with Crippen LogP contribution in [0.25, 0.3) is 0 Å². The van der Waals surface area contributed by atoms with Gasteiger partial charge < -0.3 is 5.11 Å². The molecule has 1 atom stereocenters. The molecule has 0 spiro atoms. The van der Waals surface area contributed by atoms with Gasteiger partial charge in [-0.25, -0.2) is 0 Å². The standard InChI is InChI=1S/C21H44OS/c1-3-5-7-13-17-21(16-6-4-2)20-23-19-15-12-10-8-9-11-14-18-22/h21-22H,3-20H2,1-2H3. The summed E-state index contributed by atoms with van der Waals surface area (Å²) in [6.07, 6.45) is 20.5. The van der Waals surface area contributed by atoms with E-state index >= 15 is 0 Å². The fourth-order valence-electron chi connectivity index (χ4n) is 3.11. The van der Waals surface area contributed by atoms with Gasteiger partial charge in [-0.2, -0.15) is 11.8 Å². The molecular formula is C21H44OS. The summed E-state index contributed by atoms with van der Waals surface area (Å²) >= 11 is 2.21. The predicted molar refractivity (Wildman–Crippen MR) is 109 cm³/mol. The summed E-state index contributed by atoms with van der Waals surface area (Å²) in [4.78, 5) is 0. The highest BCUT2D eigenvalue weighted by Gasteiger charge is 2.08. The molecule has 0 bridgehead atoms. The van der Waals surface area contributed by atoms with Gasteiger partial charge in [0.1, 0.15) is 0 Å². The van der Waals surface area contributed by atoms with Gasteiger partial charge in [0, 0.05) is 6.61 Å².